The molecule has 0 aromatic heterocycles. The van der Waals surface area contributed by atoms with E-state index < -0.39 is 0 Å². The van der Waals surface area contributed by atoms with Crippen molar-refractivity contribution in [2.45, 2.75) is 25.7 Å². The smallest absolute Gasteiger partial charge is 0.159 e. The molecule has 0 radical (unpaired) electrons. The summed E-state index contributed by atoms with van der Waals surface area (Å²) in [6.45, 7) is 0.846. The summed E-state index contributed by atoms with van der Waals surface area (Å²) in [5.74, 6) is 0. The molecular formula is C6H10OS. The molecule has 1 aliphatic heterocycles. The minimum Gasteiger partial charge on any atom is -0.487 e. The van der Waals surface area contributed by atoms with Gasteiger partial charge in [-0.25, -0.2) is 0 Å². The zero-order valence-corrected chi connectivity index (χ0v) is 5.67. The molecule has 8 heavy (non-hydrogen) atoms. The Kier molecular flexibility index (Phi) is 2.27. The lowest BCUT2D eigenvalue weighted by molar-refractivity contribution is 0.310. The van der Waals surface area contributed by atoms with Gasteiger partial charge in [-0.15, -0.1) is 0 Å². The predicted molar refractivity (Wildman–Crippen MR) is 37.0 cm³/mol. The van der Waals surface area contributed by atoms with Gasteiger partial charge in [-0.2, -0.15) is 0 Å². The molecule has 1 heterocycles. The molecule has 0 aliphatic carbocycles. The lowest BCUT2D eigenvalue weighted by Gasteiger charge is -1.97. The van der Waals surface area contributed by atoms with E-state index in [0.29, 0.717) is 0 Å². The first kappa shape index (κ1) is 6.02. The molecule has 0 amide bonds. The van der Waals surface area contributed by atoms with Gasteiger partial charge in [0.1, 0.15) is 0 Å². The largest absolute Gasteiger partial charge is 0.487 e. The van der Waals surface area contributed by atoms with Gasteiger partial charge in [-0.1, -0.05) is 0 Å². The number of thiocarbonyl (C=S) groups is 1. The fourth-order valence-electron chi connectivity index (χ4n) is 0.806. The molecule has 0 saturated carbocycles. The first-order valence-corrected chi connectivity index (χ1v) is 3.46. The Balaban J connectivity index is 2.27. The van der Waals surface area contributed by atoms with E-state index in [2.05, 4.69) is 0 Å². The van der Waals surface area contributed by atoms with E-state index in [1.165, 1.54) is 19.3 Å². The average molecular weight is 130 g/mol. The fraction of sp³-hybridized carbons (Fsp3) is 0.833. The lowest BCUT2D eigenvalue weighted by Crippen LogP contribution is -1.97. The van der Waals surface area contributed by atoms with Crippen molar-refractivity contribution >= 4 is 17.3 Å². The molecule has 1 saturated heterocycles. The van der Waals surface area contributed by atoms with Gasteiger partial charge in [-0.3, -0.25) is 0 Å². The molecular weight excluding hydrogens is 120 g/mol. The average Bonchev–Trinajstić information content (AvgIpc) is 1.94. The summed E-state index contributed by atoms with van der Waals surface area (Å²) in [6.07, 6.45) is 4.68. The summed E-state index contributed by atoms with van der Waals surface area (Å²) >= 11 is 4.87. The van der Waals surface area contributed by atoms with Crippen LogP contribution in [-0.2, 0) is 4.74 Å². The van der Waals surface area contributed by atoms with Gasteiger partial charge in [-0.05, 0) is 31.5 Å². The zero-order chi connectivity index (χ0) is 5.82. The van der Waals surface area contributed by atoms with Crippen LogP contribution in [-0.4, -0.2) is 11.7 Å². The van der Waals surface area contributed by atoms with Gasteiger partial charge in [0.2, 0.25) is 0 Å². The van der Waals surface area contributed by atoms with Gasteiger partial charge >= 0.3 is 0 Å². The van der Waals surface area contributed by atoms with Crippen LogP contribution in [0.1, 0.15) is 25.7 Å². The van der Waals surface area contributed by atoms with Gasteiger partial charge in [0.25, 0.3) is 0 Å². The second-order valence-electron chi connectivity index (χ2n) is 2.03. The summed E-state index contributed by atoms with van der Waals surface area (Å²) in [6, 6.07) is 0. The second-order valence-corrected chi connectivity index (χ2v) is 2.49. The zero-order valence-electron chi connectivity index (χ0n) is 4.85. The van der Waals surface area contributed by atoms with Crippen LogP contribution in [0.3, 0.4) is 0 Å². The molecule has 0 aromatic carbocycles. The first-order valence-electron chi connectivity index (χ1n) is 3.05. The normalized spacial score (nSPS) is 21.8. The highest BCUT2D eigenvalue weighted by Gasteiger charge is 2.01. The number of hydrogen-bond acceptors (Lipinski definition) is 2. The van der Waals surface area contributed by atoms with Gasteiger partial charge in [0.05, 0.1) is 6.61 Å². The Hall–Kier alpha value is -0.110. The Morgan fingerprint density at radius 2 is 2.12 bits per heavy atom. The SMILES string of the molecule is S=C1CCCCCO1. The van der Waals surface area contributed by atoms with Crippen LogP contribution < -0.4 is 0 Å². The predicted octanol–water partition coefficient (Wildman–Crippen LogP) is 1.90. The fourth-order valence-corrected chi connectivity index (χ4v) is 1.03. The van der Waals surface area contributed by atoms with Crippen molar-refractivity contribution < 1.29 is 4.74 Å². The topological polar surface area (TPSA) is 9.23 Å². The van der Waals surface area contributed by atoms with Crippen molar-refractivity contribution in [3.63, 3.8) is 0 Å². The summed E-state index contributed by atoms with van der Waals surface area (Å²) in [5, 5.41) is 0.808. The Morgan fingerprint density at radius 1 is 1.25 bits per heavy atom. The molecule has 0 atom stereocenters. The molecule has 1 aliphatic rings. The second kappa shape index (κ2) is 3.02. The van der Waals surface area contributed by atoms with Crippen LogP contribution in [0.2, 0.25) is 0 Å². The number of ether oxygens (including phenoxy) is 1. The number of hydrogen-bond donors (Lipinski definition) is 0. The molecule has 0 spiro atoms. The maximum atomic E-state index is 5.13. The molecule has 0 N–H and O–H groups in total. The molecule has 0 unspecified atom stereocenters. The van der Waals surface area contributed by atoms with E-state index in [0.717, 1.165) is 18.1 Å². The molecule has 1 fully saturated rings. The number of rotatable bonds is 0. The monoisotopic (exact) mass is 130 g/mol. The summed E-state index contributed by atoms with van der Waals surface area (Å²) in [7, 11) is 0. The van der Waals surface area contributed by atoms with Crippen molar-refractivity contribution in [2.75, 3.05) is 6.61 Å². The molecule has 0 bridgehead atoms. The van der Waals surface area contributed by atoms with E-state index in [-0.39, 0.29) is 0 Å². The van der Waals surface area contributed by atoms with E-state index in [9.17, 15) is 0 Å². The van der Waals surface area contributed by atoms with Crippen molar-refractivity contribution in [2.24, 2.45) is 0 Å². The van der Waals surface area contributed by atoms with Gasteiger partial charge in [0, 0.05) is 6.42 Å². The third-order valence-corrected chi connectivity index (χ3v) is 1.61. The van der Waals surface area contributed by atoms with Crippen molar-refractivity contribution in [1.82, 2.24) is 0 Å². The molecule has 46 valence electrons. The maximum absolute atomic E-state index is 5.13. The highest BCUT2D eigenvalue weighted by molar-refractivity contribution is 7.80. The van der Waals surface area contributed by atoms with E-state index in [4.69, 9.17) is 17.0 Å². The van der Waals surface area contributed by atoms with Crippen molar-refractivity contribution in [1.29, 1.82) is 0 Å². The van der Waals surface area contributed by atoms with E-state index in [1.807, 2.05) is 0 Å². The highest BCUT2D eigenvalue weighted by atomic mass is 32.1. The van der Waals surface area contributed by atoms with Crippen LogP contribution in [0.4, 0.5) is 0 Å². The van der Waals surface area contributed by atoms with Crippen LogP contribution >= 0.6 is 12.2 Å². The molecule has 0 aromatic rings. The Labute approximate surface area is 55.0 Å². The third kappa shape index (κ3) is 1.78. The van der Waals surface area contributed by atoms with E-state index >= 15 is 0 Å². The van der Waals surface area contributed by atoms with Crippen LogP contribution in [0.15, 0.2) is 0 Å². The lowest BCUT2D eigenvalue weighted by atomic mass is 10.2. The Bertz CT molecular complexity index is 80.5. The van der Waals surface area contributed by atoms with Gasteiger partial charge in [0.15, 0.2) is 5.05 Å². The molecule has 1 nitrogen and oxygen atoms in total. The molecule has 1 rings (SSSR count). The summed E-state index contributed by atoms with van der Waals surface area (Å²) in [4.78, 5) is 0. The minimum atomic E-state index is 0.808. The first-order chi connectivity index (χ1) is 3.89. The van der Waals surface area contributed by atoms with Gasteiger partial charge < -0.3 is 4.74 Å². The molecule has 2 heteroatoms. The van der Waals surface area contributed by atoms with Crippen LogP contribution in [0.25, 0.3) is 0 Å². The quantitative estimate of drug-likeness (QED) is 0.463. The summed E-state index contributed by atoms with van der Waals surface area (Å²) < 4.78 is 5.13. The minimum absolute atomic E-state index is 0.808. The standard InChI is InChI=1S/C6H10OS/c8-6-4-2-1-3-5-7-6/h1-5H2. The highest BCUT2D eigenvalue weighted by Crippen LogP contribution is 2.07. The van der Waals surface area contributed by atoms with Crippen LogP contribution in [0, 0.1) is 0 Å². The van der Waals surface area contributed by atoms with Crippen molar-refractivity contribution in [3.8, 4) is 0 Å². The van der Waals surface area contributed by atoms with Crippen molar-refractivity contribution in [3.05, 3.63) is 0 Å². The maximum Gasteiger partial charge on any atom is 0.159 e. The summed E-state index contributed by atoms with van der Waals surface area (Å²) in [5.41, 5.74) is 0. The van der Waals surface area contributed by atoms with Crippen LogP contribution in [0.5, 0.6) is 0 Å². The van der Waals surface area contributed by atoms with E-state index in [1.54, 1.807) is 0 Å². The Morgan fingerprint density at radius 3 is 3.00 bits per heavy atom. The third-order valence-electron chi connectivity index (χ3n) is 1.29.